The van der Waals surface area contributed by atoms with Gasteiger partial charge in [0.1, 0.15) is 5.60 Å². The summed E-state index contributed by atoms with van der Waals surface area (Å²) in [7, 11) is 0. The number of anilines is 1. The van der Waals surface area contributed by atoms with Crippen LogP contribution in [0.15, 0.2) is 30.3 Å². The SMILES string of the molecule is CC(C)(C)OC(=O)N1CCc2[nH]nc(NC(=O)Cc3ccccc3)c2C1. The van der Waals surface area contributed by atoms with Crippen molar-refractivity contribution in [3.63, 3.8) is 0 Å². The average molecular weight is 356 g/mol. The smallest absolute Gasteiger partial charge is 0.410 e. The van der Waals surface area contributed by atoms with Crippen molar-refractivity contribution < 1.29 is 14.3 Å². The van der Waals surface area contributed by atoms with Gasteiger partial charge in [-0.1, -0.05) is 30.3 Å². The second kappa shape index (κ2) is 7.19. The maximum Gasteiger partial charge on any atom is 0.410 e. The van der Waals surface area contributed by atoms with Crippen LogP contribution >= 0.6 is 0 Å². The van der Waals surface area contributed by atoms with Crippen LogP contribution in [0.3, 0.4) is 0 Å². The molecule has 138 valence electrons. The third-order valence-electron chi connectivity index (χ3n) is 4.05. The van der Waals surface area contributed by atoms with E-state index in [4.69, 9.17) is 4.74 Å². The van der Waals surface area contributed by atoms with Gasteiger partial charge in [0, 0.05) is 24.2 Å². The lowest BCUT2D eigenvalue weighted by Gasteiger charge is -2.30. The summed E-state index contributed by atoms with van der Waals surface area (Å²) in [5.74, 6) is 0.342. The maximum absolute atomic E-state index is 12.3. The molecule has 0 atom stereocenters. The third kappa shape index (κ3) is 4.41. The van der Waals surface area contributed by atoms with E-state index >= 15 is 0 Å². The number of H-pyrrole nitrogens is 1. The van der Waals surface area contributed by atoms with Crippen LogP contribution in [0, 0.1) is 0 Å². The average Bonchev–Trinajstić information content (AvgIpc) is 2.96. The molecule has 1 aliphatic rings. The van der Waals surface area contributed by atoms with Gasteiger partial charge in [0.05, 0.1) is 13.0 Å². The molecule has 0 spiro atoms. The number of hydrogen-bond donors (Lipinski definition) is 2. The molecule has 3 rings (SSSR count). The molecule has 2 heterocycles. The van der Waals surface area contributed by atoms with Crippen molar-refractivity contribution in [2.75, 3.05) is 11.9 Å². The van der Waals surface area contributed by atoms with E-state index in [0.717, 1.165) is 16.8 Å². The molecule has 2 N–H and O–H groups in total. The van der Waals surface area contributed by atoms with E-state index in [9.17, 15) is 9.59 Å². The van der Waals surface area contributed by atoms with Crippen molar-refractivity contribution >= 4 is 17.8 Å². The van der Waals surface area contributed by atoms with Crippen LogP contribution < -0.4 is 5.32 Å². The normalized spacial score (nSPS) is 13.9. The van der Waals surface area contributed by atoms with Gasteiger partial charge in [-0.2, -0.15) is 5.10 Å². The van der Waals surface area contributed by atoms with E-state index in [2.05, 4.69) is 15.5 Å². The molecular formula is C19H24N4O3. The Morgan fingerprint density at radius 1 is 1.27 bits per heavy atom. The number of nitrogens with one attached hydrogen (secondary N) is 2. The number of aromatic amines is 1. The van der Waals surface area contributed by atoms with Crippen LogP contribution in [0.1, 0.15) is 37.6 Å². The lowest BCUT2D eigenvalue weighted by Crippen LogP contribution is -2.40. The van der Waals surface area contributed by atoms with Gasteiger partial charge in [-0.25, -0.2) is 4.79 Å². The zero-order valence-corrected chi connectivity index (χ0v) is 15.3. The van der Waals surface area contributed by atoms with Crippen molar-refractivity contribution in [1.29, 1.82) is 0 Å². The fourth-order valence-corrected chi connectivity index (χ4v) is 2.84. The molecule has 7 nitrogen and oxygen atoms in total. The molecule has 2 aromatic rings. The highest BCUT2D eigenvalue weighted by Crippen LogP contribution is 2.25. The minimum atomic E-state index is -0.541. The number of carbonyl (C=O) groups excluding carboxylic acids is 2. The lowest BCUT2D eigenvalue weighted by atomic mass is 10.1. The van der Waals surface area contributed by atoms with Gasteiger partial charge >= 0.3 is 6.09 Å². The molecule has 2 amide bonds. The Morgan fingerprint density at radius 3 is 2.69 bits per heavy atom. The summed E-state index contributed by atoms with van der Waals surface area (Å²) < 4.78 is 5.44. The number of carbonyl (C=O) groups is 2. The van der Waals surface area contributed by atoms with Gasteiger partial charge in [0.15, 0.2) is 5.82 Å². The predicted octanol–water partition coefficient (Wildman–Crippen LogP) is 2.88. The molecule has 1 aliphatic heterocycles. The van der Waals surface area contributed by atoms with E-state index in [-0.39, 0.29) is 18.4 Å². The molecule has 0 aliphatic carbocycles. The Morgan fingerprint density at radius 2 is 2.00 bits per heavy atom. The number of ether oxygens (including phenoxy) is 1. The van der Waals surface area contributed by atoms with Crippen LogP contribution in [0.25, 0.3) is 0 Å². The molecule has 0 radical (unpaired) electrons. The first-order valence-corrected chi connectivity index (χ1v) is 8.69. The molecule has 7 heteroatoms. The van der Waals surface area contributed by atoms with Crippen molar-refractivity contribution in [3.05, 3.63) is 47.2 Å². The van der Waals surface area contributed by atoms with E-state index < -0.39 is 5.60 Å². The van der Waals surface area contributed by atoms with E-state index in [0.29, 0.717) is 25.3 Å². The minimum Gasteiger partial charge on any atom is -0.444 e. The largest absolute Gasteiger partial charge is 0.444 e. The van der Waals surface area contributed by atoms with Gasteiger partial charge < -0.3 is 15.0 Å². The summed E-state index contributed by atoms with van der Waals surface area (Å²) in [6.45, 7) is 6.44. The second-order valence-electron chi connectivity index (χ2n) is 7.39. The summed E-state index contributed by atoms with van der Waals surface area (Å²) in [6.07, 6.45) is 0.569. The van der Waals surface area contributed by atoms with Gasteiger partial charge in [-0.05, 0) is 26.3 Å². The first-order valence-electron chi connectivity index (χ1n) is 8.69. The predicted molar refractivity (Wildman–Crippen MR) is 97.7 cm³/mol. The monoisotopic (exact) mass is 356 g/mol. The van der Waals surface area contributed by atoms with Gasteiger partial charge in [0.2, 0.25) is 5.91 Å². The van der Waals surface area contributed by atoms with Crippen molar-refractivity contribution in [3.8, 4) is 0 Å². The minimum absolute atomic E-state index is 0.139. The zero-order valence-electron chi connectivity index (χ0n) is 15.3. The molecule has 0 saturated heterocycles. The summed E-state index contributed by atoms with van der Waals surface area (Å²) in [6, 6.07) is 9.53. The number of rotatable bonds is 3. The molecule has 0 saturated carbocycles. The Kier molecular flexibility index (Phi) is 4.97. The molecule has 0 fully saturated rings. The molecule has 1 aromatic carbocycles. The van der Waals surface area contributed by atoms with Crippen LogP contribution in [0.4, 0.5) is 10.6 Å². The number of amides is 2. The van der Waals surface area contributed by atoms with Crippen molar-refractivity contribution in [2.45, 2.75) is 45.8 Å². The zero-order chi connectivity index (χ0) is 18.7. The van der Waals surface area contributed by atoms with E-state index in [1.807, 2.05) is 51.1 Å². The topological polar surface area (TPSA) is 87.3 Å². The highest BCUT2D eigenvalue weighted by Gasteiger charge is 2.29. The van der Waals surface area contributed by atoms with Crippen molar-refractivity contribution in [1.82, 2.24) is 15.1 Å². The first-order chi connectivity index (χ1) is 12.3. The molecular weight excluding hydrogens is 332 g/mol. The Hall–Kier alpha value is -2.83. The van der Waals surface area contributed by atoms with Crippen LogP contribution in [-0.2, 0) is 28.9 Å². The molecule has 1 aromatic heterocycles. The number of hydrogen-bond acceptors (Lipinski definition) is 4. The Bertz CT molecular complexity index is 793. The number of nitrogens with zero attached hydrogens (tertiary/aromatic N) is 2. The summed E-state index contributed by atoms with van der Waals surface area (Å²) in [4.78, 5) is 26.2. The third-order valence-corrected chi connectivity index (χ3v) is 4.05. The molecule has 0 bridgehead atoms. The number of fused-ring (bicyclic) bond motifs is 1. The fraction of sp³-hybridized carbons (Fsp3) is 0.421. The highest BCUT2D eigenvalue weighted by molar-refractivity contribution is 5.92. The molecule has 0 unspecified atom stereocenters. The van der Waals surface area contributed by atoms with Crippen molar-refractivity contribution in [2.24, 2.45) is 0 Å². The quantitative estimate of drug-likeness (QED) is 0.885. The number of aromatic nitrogens is 2. The summed E-state index contributed by atoms with van der Waals surface area (Å²) in [5.41, 5.74) is 2.17. The fourth-order valence-electron chi connectivity index (χ4n) is 2.84. The first kappa shape index (κ1) is 18.0. The summed E-state index contributed by atoms with van der Waals surface area (Å²) >= 11 is 0. The van der Waals surface area contributed by atoms with Crippen LogP contribution in [0.5, 0.6) is 0 Å². The Labute approximate surface area is 152 Å². The van der Waals surface area contributed by atoms with E-state index in [1.54, 1.807) is 4.90 Å². The van der Waals surface area contributed by atoms with Crippen LogP contribution in [-0.4, -0.2) is 39.2 Å². The lowest BCUT2D eigenvalue weighted by molar-refractivity contribution is -0.115. The van der Waals surface area contributed by atoms with Gasteiger partial charge in [-0.15, -0.1) is 0 Å². The Balaban J connectivity index is 1.66. The molecule has 26 heavy (non-hydrogen) atoms. The highest BCUT2D eigenvalue weighted by atomic mass is 16.6. The van der Waals surface area contributed by atoms with Crippen LogP contribution in [0.2, 0.25) is 0 Å². The van der Waals surface area contributed by atoms with Gasteiger partial charge in [-0.3, -0.25) is 9.89 Å². The standard InChI is InChI=1S/C19H24N4O3/c1-19(2,3)26-18(25)23-10-9-15-14(12-23)17(22-21-15)20-16(24)11-13-7-5-4-6-8-13/h4-8H,9-12H2,1-3H3,(H2,20,21,22,24). The maximum atomic E-state index is 12.3. The van der Waals surface area contributed by atoms with Gasteiger partial charge in [0.25, 0.3) is 0 Å². The number of benzene rings is 1. The summed E-state index contributed by atoms with van der Waals surface area (Å²) in [5, 5.41) is 10.0. The second-order valence-corrected chi connectivity index (χ2v) is 7.39. The van der Waals surface area contributed by atoms with E-state index in [1.165, 1.54) is 0 Å².